The Morgan fingerprint density at radius 2 is 2.19 bits per heavy atom. The first-order valence-electron chi connectivity index (χ1n) is 10.0. The highest BCUT2D eigenvalue weighted by Gasteiger charge is 2.41. The molecule has 1 aliphatic heterocycles. The van der Waals surface area contributed by atoms with E-state index in [0.717, 1.165) is 6.42 Å². The zero-order chi connectivity index (χ0) is 22.7. The molecule has 32 heavy (non-hydrogen) atoms. The molecule has 3 aromatic rings. The van der Waals surface area contributed by atoms with Crippen LogP contribution in [0.5, 0.6) is 11.5 Å². The van der Waals surface area contributed by atoms with E-state index in [9.17, 15) is 14.3 Å². The number of halogens is 2. The Bertz CT molecular complexity index is 1150. The number of carbonyl (C=O) groups excluding carboxylic acids is 1. The van der Waals surface area contributed by atoms with E-state index in [1.807, 2.05) is 0 Å². The summed E-state index contributed by atoms with van der Waals surface area (Å²) in [5, 5.41) is 16.0. The Labute approximate surface area is 188 Å². The van der Waals surface area contributed by atoms with Crippen LogP contribution in [0.3, 0.4) is 0 Å². The number of aromatic nitrogens is 2. The van der Waals surface area contributed by atoms with Crippen LogP contribution in [0.4, 0.5) is 15.9 Å². The van der Waals surface area contributed by atoms with Crippen molar-refractivity contribution in [3.05, 3.63) is 47.5 Å². The number of ether oxygens (including phenoxy) is 2. The molecule has 10 heteroatoms. The van der Waals surface area contributed by atoms with Crippen LogP contribution < -0.4 is 20.1 Å². The molecule has 1 atom stereocenters. The van der Waals surface area contributed by atoms with Crippen molar-refractivity contribution >= 4 is 39.8 Å². The number of aliphatic hydroxyl groups excluding tert-OH is 1. The number of fused-ring (bicyclic) bond motifs is 1. The number of Topliss-reactive ketones (excluding diaryl/α,β-unsaturated/α-hetero) is 1. The van der Waals surface area contributed by atoms with Crippen LogP contribution >= 0.6 is 11.6 Å². The van der Waals surface area contributed by atoms with Crippen LogP contribution in [-0.4, -0.2) is 53.3 Å². The number of ketones is 1. The largest absolute Gasteiger partial charge is 0.493 e. The number of anilines is 2. The summed E-state index contributed by atoms with van der Waals surface area (Å²) in [7, 11) is 1.50. The normalized spacial score (nSPS) is 18.0. The molecule has 0 saturated carbocycles. The number of methoxy groups -OCH3 is 1. The molecule has 2 aromatic carbocycles. The van der Waals surface area contributed by atoms with Crippen molar-refractivity contribution in [2.45, 2.75) is 18.4 Å². The number of carbonyl (C=O) groups is 1. The topological polar surface area (TPSA) is 106 Å². The first-order chi connectivity index (χ1) is 15.5. The first kappa shape index (κ1) is 22.2. The number of aliphatic hydroxyl groups is 1. The molecular weight excluding hydrogens is 439 g/mol. The Morgan fingerprint density at radius 1 is 1.34 bits per heavy atom. The number of hydrogen-bond donors (Lipinski definition) is 3. The minimum Gasteiger partial charge on any atom is -0.493 e. The first-order valence-corrected chi connectivity index (χ1v) is 10.4. The van der Waals surface area contributed by atoms with Crippen LogP contribution in [0.2, 0.25) is 5.02 Å². The van der Waals surface area contributed by atoms with Gasteiger partial charge >= 0.3 is 0 Å². The molecule has 168 valence electrons. The maximum absolute atomic E-state index is 14.4. The van der Waals surface area contributed by atoms with Gasteiger partial charge in [-0.3, -0.25) is 4.79 Å². The van der Waals surface area contributed by atoms with E-state index in [-0.39, 0.29) is 23.1 Å². The number of hydrogen-bond acceptors (Lipinski definition) is 8. The van der Waals surface area contributed by atoms with E-state index in [0.29, 0.717) is 41.2 Å². The van der Waals surface area contributed by atoms with Crippen molar-refractivity contribution in [1.29, 1.82) is 0 Å². The molecule has 1 fully saturated rings. The maximum Gasteiger partial charge on any atom is 0.181 e. The second-order valence-electron chi connectivity index (χ2n) is 7.45. The summed E-state index contributed by atoms with van der Waals surface area (Å²) in [5.74, 6) is 0.215. The van der Waals surface area contributed by atoms with Gasteiger partial charge in [0.15, 0.2) is 23.1 Å². The van der Waals surface area contributed by atoms with Gasteiger partial charge in [-0.2, -0.15) is 0 Å². The predicted molar refractivity (Wildman–Crippen MR) is 118 cm³/mol. The summed E-state index contributed by atoms with van der Waals surface area (Å²) < 4.78 is 25.8. The third kappa shape index (κ3) is 4.19. The number of rotatable bonds is 8. The second-order valence-corrected chi connectivity index (χ2v) is 7.86. The van der Waals surface area contributed by atoms with Crippen LogP contribution in [0.25, 0.3) is 10.9 Å². The zero-order valence-electron chi connectivity index (χ0n) is 17.3. The van der Waals surface area contributed by atoms with Crippen molar-refractivity contribution in [3.63, 3.8) is 0 Å². The van der Waals surface area contributed by atoms with E-state index in [2.05, 4.69) is 20.6 Å². The summed E-state index contributed by atoms with van der Waals surface area (Å²) in [6.45, 7) is 0.114. The monoisotopic (exact) mass is 460 g/mol. The molecule has 8 nitrogen and oxygen atoms in total. The van der Waals surface area contributed by atoms with Crippen molar-refractivity contribution in [2.24, 2.45) is 0 Å². The molecule has 3 N–H and O–H groups in total. The molecule has 0 aliphatic carbocycles. The average Bonchev–Trinajstić information content (AvgIpc) is 3.30. The Morgan fingerprint density at radius 3 is 2.91 bits per heavy atom. The third-order valence-corrected chi connectivity index (χ3v) is 5.81. The Kier molecular flexibility index (Phi) is 6.40. The summed E-state index contributed by atoms with van der Waals surface area (Å²) in [5.41, 5.74) is -0.236. The Hall–Kier alpha value is -3.01. The molecule has 0 amide bonds. The van der Waals surface area contributed by atoms with Crippen molar-refractivity contribution in [2.75, 3.05) is 32.2 Å². The number of nitrogens with zero attached hydrogens (tertiary/aromatic N) is 2. The van der Waals surface area contributed by atoms with Crippen molar-refractivity contribution < 1.29 is 23.8 Å². The van der Waals surface area contributed by atoms with Gasteiger partial charge in [-0.1, -0.05) is 17.7 Å². The van der Waals surface area contributed by atoms with Gasteiger partial charge in [0.1, 0.15) is 30.9 Å². The van der Waals surface area contributed by atoms with E-state index in [4.69, 9.17) is 21.1 Å². The zero-order valence-corrected chi connectivity index (χ0v) is 18.1. The Balaban J connectivity index is 1.69. The average molecular weight is 461 g/mol. The highest BCUT2D eigenvalue weighted by molar-refractivity contribution is 6.31. The predicted octanol–water partition coefficient (Wildman–Crippen LogP) is 3.24. The van der Waals surface area contributed by atoms with Crippen LogP contribution in [-0.2, 0) is 4.79 Å². The smallest absolute Gasteiger partial charge is 0.181 e. The number of benzene rings is 2. The third-order valence-electron chi connectivity index (χ3n) is 5.52. The van der Waals surface area contributed by atoms with Crippen molar-refractivity contribution in [3.8, 4) is 11.5 Å². The maximum atomic E-state index is 14.4. The quantitative estimate of drug-likeness (QED) is 0.470. The molecule has 0 bridgehead atoms. The minimum atomic E-state index is -0.951. The lowest BCUT2D eigenvalue weighted by molar-refractivity contribution is -0.129. The SMILES string of the molecule is COc1cc2ncnc(Nc3cccc(Cl)c3F)c2cc1OC[C@]1(C(=O)CO)CCCN1. The summed E-state index contributed by atoms with van der Waals surface area (Å²) in [6, 6.07) is 7.98. The highest BCUT2D eigenvalue weighted by Crippen LogP contribution is 2.36. The van der Waals surface area contributed by atoms with Crippen LogP contribution in [0, 0.1) is 5.82 Å². The number of nitrogens with one attached hydrogen (secondary N) is 2. The van der Waals surface area contributed by atoms with E-state index in [1.54, 1.807) is 24.3 Å². The summed E-state index contributed by atoms with van der Waals surface area (Å²) in [4.78, 5) is 20.8. The van der Waals surface area contributed by atoms with E-state index < -0.39 is 18.0 Å². The molecule has 0 radical (unpaired) electrons. The molecule has 0 spiro atoms. The fourth-order valence-corrected chi connectivity index (χ4v) is 3.94. The lowest BCUT2D eigenvalue weighted by Crippen LogP contribution is -2.53. The fraction of sp³-hybridized carbons (Fsp3) is 0.318. The fourth-order valence-electron chi connectivity index (χ4n) is 3.76. The standard InChI is InChI=1S/C22H22ClFN4O4/c1-31-17-9-16-13(8-18(17)32-11-22(19(30)10-29)6-3-7-27-22)21(26-12-25-16)28-15-5-2-4-14(23)20(15)24/h2,4-5,8-9,12,27,29H,3,6-7,10-11H2,1H3,(H,25,26,28)/t22-/m0/s1. The van der Waals surface area contributed by atoms with Gasteiger partial charge in [0.05, 0.1) is 23.3 Å². The van der Waals surface area contributed by atoms with E-state index >= 15 is 0 Å². The second kappa shape index (κ2) is 9.23. The minimum absolute atomic E-state index is 0.0121. The molecule has 1 aliphatic rings. The van der Waals surface area contributed by atoms with Gasteiger partial charge in [0.2, 0.25) is 0 Å². The molecule has 1 saturated heterocycles. The van der Waals surface area contributed by atoms with Gasteiger partial charge in [0, 0.05) is 11.5 Å². The molecule has 0 unspecified atom stereocenters. The molecular formula is C22H22ClFN4O4. The van der Waals surface area contributed by atoms with Crippen molar-refractivity contribution in [1.82, 2.24) is 15.3 Å². The van der Waals surface area contributed by atoms with Gasteiger partial charge in [-0.15, -0.1) is 0 Å². The highest BCUT2D eigenvalue weighted by atomic mass is 35.5. The summed E-state index contributed by atoms with van der Waals surface area (Å²) >= 11 is 5.88. The van der Waals surface area contributed by atoms with Gasteiger partial charge in [0.25, 0.3) is 0 Å². The lowest BCUT2D eigenvalue weighted by atomic mass is 9.93. The lowest BCUT2D eigenvalue weighted by Gasteiger charge is -2.27. The molecule has 4 rings (SSSR count). The van der Waals surface area contributed by atoms with Crippen LogP contribution in [0.15, 0.2) is 36.7 Å². The van der Waals surface area contributed by atoms with Gasteiger partial charge in [-0.25, -0.2) is 14.4 Å². The molecule has 1 aromatic heterocycles. The van der Waals surface area contributed by atoms with Gasteiger partial charge < -0.3 is 25.2 Å². The van der Waals surface area contributed by atoms with Gasteiger partial charge in [-0.05, 0) is 37.6 Å². The molecule has 2 heterocycles. The van der Waals surface area contributed by atoms with E-state index in [1.165, 1.54) is 19.5 Å². The summed E-state index contributed by atoms with van der Waals surface area (Å²) in [6.07, 6.45) is 2.72. The van der Waals surface area contributed by atoms with Crippen LogP contribution in [0.1, 0.15) is 12.8 Å².